The van der Waals surface area contributed by atoms with Crippen molar-refractivity contribution in [1.82, 2.24) is 0 Å². The highest BCUT2D eigenvalue weighted by molar-refractivity contribution is 7.97. The van der Waals surface area contributed by atoms with E-state index in [1.165, 1.54) is 0 Å². The molecular weight excluding hydrogens is 192 g/mol. The minimum absolute atomic E-state index is 0.565. The molecule has 0 spiro atoms. The Bertz CT molecular complexity index is 293. The van der Waals surface area contributed by atoms with Gasteiger partial charge >= 0.3 is 0 Å². The molecule has 0 aliphatic heterocycles. The maximum Gasteiger partial charge on any atom is 0.157 e. The number of hydrogen-bond donors (Lipinski definition) is 2. The van der Waals surface area contributed by atoms with Crippen molar-refractivity contribution in [3.63, 3.8) is 0 Å². The third-order valence-electron chi connectivity index (χ3n) is 1.64. The van der Waals surface area contributed by atoms with Crippen LogP contribution in [-0.2, 0) is 0 Å². The number of aliphatic imine (C=N–C) groups is 1. The molecule has 0 amide bonds. The van der Waals surface area contributed by atoms with E-state index < -0.39 is 0 Å². The van der Waals surface area contributed by atoms with Crippen molar-refractivity contribution in [2.75, 3.05) is 11.9 Å². The van der Waals surface area contributed by atoms with Crippen LogP contribution in [0.2, 0.25) is 0 Å². The molecule has 0 fully saturated rings. The molecular formula is C11H16N2S. The van der Waals surface area contributed by atoms with E-state index in [0.717, 1.165) is 12.2 Å². The first-order chi connectivity index (χ1) is 6.68. The molecule has 0 atom stereocenters. The number of benzene rings is 1. The molecule has 0 radical (unpaired) electrons. The van der Waals surface area contributed by atoms with Crippen molar-refractivity contribution in [2.45, 2.75) is 13.8 Å². The molecule has 0 aromatic heterocycles. The molecule has 0 unspecified atom stereocenters. The predicted octanol–water partition coefficient (Wildman–Crippen LogP) is 3.04. The minimum atomic E-state index is 0.565. The molecule has 0 heterocycles. The van der Waals surface area contributed by atoms with Gasteiger partial charge in [0.05, 0.1) is 0 Å². The summed E-state index contributed by atoms with van der Waals surface area (Å²) in [5, 5.41) is 3.78. The van der Waals surface area contributed by atoms with Crippen molar-refractivity contribution in [3.8, 4) is 0 Å². The zero-order valence-corrected chi connectivity index (χ0v) is 9.46. The summed E-state index contributed by atoms with van der Waals surface area (Å²) in [6, 6.07) is 9.91. The zero-order chi connectivity index (χ0) is 10.4. The van der Waals surface area contributed by atoms with Gasteiger partial charge in [-0.05, 0) is 18.1 Å². The average Bonchev–Trinajstić information content (AvgIpc) is 2.16. The summed E-state index contributed by atoms with van der Waals surface area (Å²) in [6.45, 7) is 5.07. The number of rotatable bonds is 3. The zero-order valence-electron chi connectivity index (χ0n) is 8.57. The fraction of sp³-hybridized carbons (Fsp3) is 0.364. The SMILES string of the molecule is CC(C)C/N=C(\S)Nc1ccccc1. The van der Waals surface area contributed by atoms with E-state index in [1.807, 2.05) is 30.3 Å². The lowest BCUT2D eigenvalue weighted by Gasteiger charge is -2.05. The summed E-state index contributed by atoms with van der Waals surface area (Å²) >= 11 is 4.25. The van der Waals surface area contributed by atoms with E-state index >= 15 is 0 Å². The van der Waals surface area contributed by atoms with Gasteiger partial charge in [-0.2, -0.15) is 0 Å². The van der Waals surface area contributed by atoms with Gasteiger partial charge in [0.15, 0.2) is 5.17 Å². The summed E-state index contributed by atoms with van der Waals surface area (Å²) in [4.78, 5) is 4.29. The van der Waals surface area contributed by atoms with E-state index in [2.05, 4.69) is 36.8 Å². The van der Waals surface area contributed by atoms with E-state index in [4.69, 9.17) is 0 Å². The van der Waals surface area contributed by atoms with Crippen LogP contribution in [0.5, 0.6) is 0 Å². The van der Waals surface area contributed by atoms with E-state index in [-0.39, 0.29) is 0 Å². The standard InChI is InChI=1S/C11H16N2S/c1-9(2)8-12-11(14)13-10-6-4-3-5-7-10/h3-7,9H,8H2,1-2H3,(H2,12,13,14). The van der Waals surface area contributed by atoms with E-state index in [0.29, 0.717) is 11.1 Å². The number of anilines is 1. The van der Waals surface area contributed by atoms with Gasteiger partial charge in [0.25, 0.3) is 0 Å². The Morgan fingerprint density at radius 1 is 1.36 bits per heavy atom. The molecule has 2 nitrogen and oxygen atoms in total. The third-order valence-corrected chi connectivity index (χ3v) is 1.89. The van der Waals surface area contributed by atoms with Crippen LogP contribution in [0.3, 0.4) is 0 Å². The minimum Gasteiger partial charge on any atom is -0.335 e. The Morgan fingerprint density at radius 2 is 2.00 bits per heavy atom. The second-order valence-electron chi connectivity index (χ2n) is 3.55. The molecule has 0 aliphatic rings. The van der Waals surface area contributed by atoms with Gasteiger partial charge in [0.2, 0.25) is 0 Å². The van der Waals surface area contributed by atoms with Crippen LogP contribution in [0.4, 0.5) is 5.69 Å². The number of nitrogens with zero attached hydrogens (tertiary/aromatic N) is 1. The monoisotopic (exact) mass is 208 g/mol. The molecule has 0 saturated carbocycles. The highest BCUT2D eigenvalue weighted by Crippen LogP contribution is 2.06. The Morgan fingerprint density at radius 3 is 2.57 bits per heavy atom. The fourth-order valence-electron chi connectivity index (χ4n) is 0.959. The van der Waals surface area contributed by atoms with Crippen molar-refractivity contribution in [2.24, 2.45) is 10.9 Å². The molecule has 0 aliphatic carbocycles. The number of amidine groups is 1. The van der Waals surface area contributed by atoms with E-state index in [9.17, 15) is 0 Å². The molecule has 3 heteroatoms. The maximum absolute atomic E-state index is 4.29. The molecule has 14 heavy (non-hydrogen) atoms. The molecule has 1 rings (SSSR count). The first-order valence-corrected chi connectivity index (χ1v) is 5.18. The smallest absolute Gasteiger partial charge is 0.157 e. The molecule has 76 valence electrons. The summed E-state index contributed by atoms with van der Waals surface area (Å²) in [5.74, 6) is 0.565. The maximum atomic E-state index is 4.29. The lowest BCUT2D eigenvalue weighted by atomic mass is 10.2. The molecule has 0 saturated heterocycles. The first-order valence-electron chi connectivity index (χ1n) is 4.74. The van der Waals surface area contributed by atoms with Crippen LogP contribution >= 0.6 is 12.6 Å². The van der Waals surface area contributed by atoms with Crippen molar-refractivity contribution in [3.05, 3.63) is 30.3 Å². The van der Waals surface area contributed by atoms with E-state index in [1.54, 1.807) is 0 Å². The van der Waals surface area contributed by atoms with Crippen LogP contribution in [-0.4, -0.2) is 11.7 Å². The summed E-state index contributed by atoms with van der Waals surface area (Å²) in [5.41, 5.74) is 1.02. The summed E-state index contributed by atoms with van der Waals surface area (Å²) in [7, 11) is 0. The van der Waals surface area contributed by atoms with Gasteiger partial charge in [-0.25, -0.2) is 0 Å². The molecule has 1 aromatic rings. The van der Waals surface area contributed by atoms with Gasteiger partial charge in [0, 0.05) is 12.2 Å². The van der Waals surface area contributed by atoms with Gasteiger partial charge in [-0.3, -0.25) is 4.99 Å². The quantitative estimate of drug-likeness (QED) is 0.445. The van der Waals surface area contributed by atoms with Gasteiger partial charge in [-0.15, -0.1) is 12.6 Å². The Labute approximate surface area is 90.9 Å². The topological polar surface area (TPSA) is 24.4 Å². The largest absolute Gasteiger partial charge is 0.335 e. The van der Waals surface area contributed by atoms with Crippen molar-refractivity contribution >= 4 is 23.5 Å². The second kappa shape index (κ2) is 5.70. The molecule has 1 N–H and O–H groups in total. The first kappa shape index (κ1) is 11.1. The van der Waals surface area contributed by atoms with Gasteiger partial charge in [-0.1, -0.05) is 32.0 Å². The Kier molecular flexibility index (Phi) is 4.53. The van der Waals surface area contributed by atoms with Crippen LogP contribution in [0.1, 0.15) is 13.8 Å². The lowest BCUT2D eigenvalue weighted by Crippen LogP contribution is -2.06. The van der Waals surface area contributed by atoms with Crippen LogP contribution in [0.25, 0.3) is 0 Å². The normalized spacial score (nSPS) is 11.9. The highest BCUT2D eigenvalue weighted by atomic mass is 32.1. The van der Waals surface area contributed by atoms with Gasteiger partial charge < -0.3 is 5.32 Å². The number of hydrogen-bond acceptors (Lipinski definition) is 1. The van der Waals surface area contributed by atoms with Gasteiger partial charge in [0.1, 0.15) is 0 Å². The van der Waals surface area contributed by atoms with Crippen LogP contribution in [0.15, 0.2) is 35.3 Å². The highest BCUT2D eigenvalue weighted by Gasteiger charge is 1.94. The molecule has 1 aromatic carbocycles. The summed E-state index contributed by atoms with van der Waals surface area (Å²) in [6.07, 6.45) is 0. The van der Waals surface area contributed by atoms with Crippen LogP contribution < -0.4 is 5.32 Å². The number of thiol groups is 1. The fourth-order valence-corrected chi connectivity index (χ4v) is 1.17. The predicted molar refractivity (Wildman–Crippen MR) is 66.2 cm³/mol. The lowest BCUT2D eigenvalue weighted by molar-refractivity contribution is 0.666. The Hall–Kier alpha value is -0.960. The average molecular weight is 208 g/mol. The number of nitrogens with one attached hydrogen (secondary N) is 1. The van der Waals surface area contributed by atoms with Crippen molar-refractivity contribution < 1.29 is 0 Å². The third kappa shape index (κ3) is 4.33. The Balaban J connectivity index is 2.49. The molecule has 0 bridgehead atoms. The number of para-hydroxylation sites is 1. The summed E-state index contributed by atoms with van der Waals surface area (Å²) < 4.78 is 0. The van der Waals surface area contributed by atoms with Crippen molar-refractivity contribution in [1.29, 1.82) is 0 Å². The second-order valence-corrected chi connectivity index (χ2v) is 3.97. The van der Waals surface area contributed by atoms with Crippen LogP contribution in [0, 0.1) is 5.92 Å².